The molecule has 0 atom stereocenters. The third-order valence-electron chi connectivity index (χ3n) is 4.94. The standard InChI is InChI=1S/C19H18ClFN2S.C4H4O4/c1-22-6-8-23(9-7-22)17-10-13-4-2-3-5-18(13)24-19-12-16(21)15(20)11-14(17)19;5-3(6)1-2-4(7)8/h2-5,10-12H,6-9H2,1H3;1-2H,(H,5,6)(H,7,8). The van der Waals surface area contributed by atoms with E-state index in [1.54, 1.807) is 23.9 Å². The maximum absolute atomic E-state index is 14.1. The molecule has 0 aromatic heterocycles. The van der Waals surface area contributed by atoms with Gasteiger partial charge in [-0.25, -0.2) is 14.0 Å². The summed E-state index contributed by atoms with van der Waals surface area (Å²) in [6.45, 7) is 3.97. The summed E-state index contributed by atoms with van der Waals surface area (Å²) in [6.07, 6.45) is 3.33. The number of likely N-dealkylation sites (N-methyl/N-ethyl adjacent to an activating group) is 1. The first kappa shape index (κ1) is 23.8. The highest BCUT2D eigenvalue weighted by atomic mass is 35.5. The van der Waals surface area contributed by atoms with Gasteiger partial charge in [-0.2, -0.15) is 0 Å². The van der Waals surface area contributed by atoms with Crippen molar-refractivity contribution in [2.24, 2.45) is 0 Å². The predicted octanol–water partition coefficient (Wildman–Crippen LogP) is 4.40. The Labute approximate surface area is 194 Å². The lowest BCUT2D eigenvalue weighted by atomic mass is 10.1. The summed E-state index contributed by atoms with van der Waals surface area (Å²) >= 11 is 7.71. The molecule has 2 aliphatic heterocycles. The van der Waals surface area contributed by atoms with Gasteiger partial charge in [-0.3, -0.25) is 0 Å². The monoisotopic (exact) mass is 476 g/mol. The van der Waals surface area contributed by atoms with Crippen LogP contribution in [0.2, 0.25) is 5.02 Å². The first-order valence-electron chi connectivity index (χ1n) is 9.80. The van der Waals surface area contributed by atoms with Crippen molar-refractivity contribution in [3.63, 3.8) is 0 Å². The molecule has 0 radical (unpaired) electrons. The van der Waals surface area contributed by atoms with E-state index in [-0.39, 0.29) is 10.8 Å². The van der Waals surface area contributed by atoms with Crippen molar-refractivity contribution < 1.29 is 24.2 Å². The van der Waals surface area contributed by atoms with E-state index in [9.17, 15) is 14.0 Å². The smallest absolute Gasteiger partial charge is 0.328 e. The molecule has 1 saturated heterocycles. The number of halogens is 2. The Bertz CT molecular complexity index is 1070. The van der Waals surface area contributed by atoms with Crippen LogP contribution < -0.4 is 0 Å². The Morgan fingerprint density at radius 3 is 2.28 bits per heavy atom. The van der Waals surface area contributed by atoms with Crippen LogP contribution >= 0.6 is 23.4 Å². The van der Waals surface area contributed by atoms with Crippen LogP contribution in [0, 0.1) is 5.82 Å². The second-order valence-electron chi connectivity index (χ2n) is 7.23. The van der Waals surface area contributed by atoms with Gasteiger partial charge in [0, 0.05) is 59.4 Å². The molecule has 0 spiro atoms. The number of aliphatic carboxylic acids is 2. The molecule has 2 aromatic carbocycles. The Hall–Kier alpha value is -2.81. The molecular weight excluding hydrogens is 455 g/mol. The molecule has 1 fully saturated rings. The van der Waals surface area contributed by atoms with Crippen LogP contribution in [-0.4, -0.2) is 65.2 Å². The van der Waals surface area contributed by atoms with Gasteiger partial charge in [-0.15, -0.1) is 0 Å². The minimum Gasteiger partial charge on any atom is -0.478 e. The van der Waals surface area contributed by atoms with Gasteiger partial charge in [0.2, 0.25) is 0 Å². The third-order valence-corrected chi connectivity index (χ3v) is 6.38. The quantitative estimate of drug-likeness (QED) is 0.635. The summed E-state index contributed by atoms with van der Waals surface area (Å²) in [5, 5.41) is 15.8. The van der Waals surface area contributed by atoms with Gasteiger partial charge in [0.1, 0.15) is 5.82 Å². The van der Waals surface area contributed by atoms with Crippen LogP contribution in [0.25, 0.3) is 11.8 Å². The summed E-state index contributed by atoms with van der Waals surface area (Å²) in [4.78, 5) is 25.9. The average Bonchev–Trinajstić information content (AvgIpc) is 2.90. The lowest BCUT2D eigenvalue weighted by Crippen LogP contribution is -2.43. The lowest BCUT2D eigenvalue weighted by molar-refractivity contribution is -0.134. The highest BCUT2D eigenvalue weighted by Gasteiger charge is 2.24. The van der Waals surface area contributed by atoms with E-state index < -0.39 is 11.9 Å². The topological polar surface area (TPSA) is 81.1 Å². The molecular formula is C23H22ClFN2O4S. The molecule has 9 heteroatoms. The minimum absolute atomic E-state index is 0.181. The predicted molar refractivity (Wildman–Crippen MR) is 123 cm³/mol. The number of benzene rings is 2. The number of carboxylic acid groups (broad SMARTS) is 2. The molecule has 2 aliphatic rings. The molecule has 4 rings (SSSR count). The maximum Gasteiger partial charge on any atom is 0.328 e. The Balaban J connectivity index is 0.000000312. The fourth-order valence-electron chi connectivity index (χ4n) is 3.30. The van der Waals surface area contributed by atoms with Crippen LogP contribution in [0.15, 0.2) is 58.3 Å². The molecule has 0 bridgehead atoms. The number of piperazine rings is 1. The summed E-state index contributed by atoms with van der Waals surface area (Å²) in [7, 11) is 2.14. The SMILES string of the molecule is CN1CCN(C2=Cc3ccccc3Sc3cc(F)c(Cl)cc32)CC1.O=C(O)C=CC(=O)O. The van der Waals surface area contributed by atoms with Crippen molar-refractivity contribution in [1.29, 1.82) is 0 Å². The van der Waals surface area contributed by atoms with E-state index in [0.29, 0.717) is 12.2 Å². The fourth-order valence-corrected chi connectivity index (χ4v) is 4.53. The van der Waals surface area contributed by atoms with Crippen molar-refractivity contribution in [3.05, 3.63) is 70.5 Å². The Morgan fingerprint density at radius 2 is 1.66 bits per heavy atom. The zero-order chi connectivity index (χ0) is 23.3. The fraction of sp³-hybridized carbons (Fsp3) is 0.217. The first-order chi connectivity index (χ1) is 15.2. The van der Waals surface area contributed by atoms with E-state index in [1.165, 1.54) is 5.56 Å². The van der Waals surface area contributed by atoms with Crippen LogP contribution in [0.4, 0.5) is 4.39 Å². The van der Waals surface area contributed by atoms with E-state index in [4.69, 9.17) is 21.8 Å². The van der Waals surface area contributed by atoms with Gasteiger partial charge in [0.25, 0.3) is 0 Å². The zero-order valence-corrected chi connectivity index (χ0v) is 18.9. The summed E-state index contributed by atoms with van der Waals surface area (Å²) in [5.41, 5.74) is 3.33. The molecule has 0 aliphatic carbocycles. The second kappa shape index (κ2) is 10.7. The average molecular weight is 477 g/mol. The molecule has 2 heterocycles. The van der Waals surface area contributed by atoms with Crippen molar-refractivity contribution in [2.75, 3.05) is 33.2 Å². The number of hydrogen-bond donors (Lipinski definition) is 2. The molecule has 0 saturated carbocycles. The van der Waals surface area contributed by atoms with Gasteiger partial charge in [-0.05, 0) is 36.9 Å². The molecule has 0 amide bonds. The van der Waals surface area contributed by atoms with Crippen LogP contribution in [0.5, 0.6) is 0 Å². The van der Waals surface area contributed by atoms with Gasteiger partial charge in [0.05, 0.1) is 5.02 Å². The number of fused-ring (bicyclic) bond motifs is 2. The van der Waals surface area contributed by atoms with E-state index in [2.05, 4.69) is 35.1 Å². The largest absolute Gasteiger partial charge is 0.478 e. The summed E-state index contributed by atoms with van der Waals surface area (Å²) in [6, 6.07) is 11.6. The second-order valence-corrected chi connectivity index (χ2v) is 8.72. The number of nitrogens with zero attached hydrogens (tertiary/aromatic N) is 2. The number of rotatable bonds is 3. The van der Waals surface area contributed by atoms with Gasteiger partial charge >= 0.3 is 11.9 Å². The molecule has 32 heavy (non-hydrogen) atoms. The minimum atomic E-state index is -1.26. The van der Waals surface area contributed by atoms with Gasteiger partial charge in [-0.1, -0.05) is 41.6 Å². The number of carboxylic acids is 2. The number of hydrogen-bond acceptors (Lipinski definition) is 5. The summed E-state index contributed by atoms with van der Waals surface area (Å²) < 4.78 is 14.1. The maximum atomic E-state index is 14.1. The van der Waals surface area contributed by atoms with E-state index in [0.717, 1.165) is 47.2 Å². The normalized spacial score (nSPS) is 15.7. The van der Waals surface area contributed by atoms with Gasteiger partial charge in [0.15, 0.2) is 0 Å². The van der Waals surface area contributed by atoms with E-state index >= 15 is 0 Å². The third kappa shape index (κ3) is 6.12. The van der Waals surface area contributed by atoms with Crippen LogP contribution in [-0.2, 0) is 9.59 Å². The van der Waals surface area contributed by atoms with E-state index in [1.807, 2.05) is 12.1 Å². The van der Waals surface area contributed by atoms with Gasteiger partial charge < -0.3 is 20.0 Å². The van der Waals surface area contributed by atoms with Crippen molar-refractivity contribution in [2.45, 2.75) is 9.79 Å². The lowest BCUT2D eigenvalue weighted by Gasteiger charge is -2.36. The van der Waals surface area contributed by atoms with Crippen LogP contribution in [0.3, 0.4) is 0 Å². The molecule has 0 unspecified atom stereocenters. The molecule has 2 N–H and O–H groups in total. The highest BCUT2D eigenvalue weighted by Crippen LogP contribution is 2.43. The first-order valence-corrected chi connectivity index (χ1v) is 11.0. The molecule has 6 nitrogen and oxygen atoms in total. The highest BCUT2D eigenvalue weighted by molar-refractivity contribution is 7.99. The van der Waals surface area contributed by atoms with Crippen molar-refractivity contribution >= 4 is 47.1 Å². The Kier molecular flexibility index (Phi) is 7.95. The Morgan fingerprint density at radius 1 is 1.03 bits per heavy atom. The van der Waals surface area contributed by atoms with Crippen molar-refractivity contribution in [1.82, 2.24) is 9.80 Å². The summed E-state index contributed by atoms with van der Waals surface area (Å²) in [5.74, 6) is -2.88. The van der Waals surface area contributed by atoms with Crippen molar-refractivity contribution in [3.8, 4) is 0 Å². The van der Waals surface area contributed by atoms with Crippen LogP contribution in [0.1, 0.15) is 11.1 Å². The molecule has 2 aromatic rings. The number of carbonyl (C=O) groups is 2. The zero-order valence-electron chi connectivity index (χ0n) is 17.3. The molecule has 168 valence electrons.